The minimum atomic E-state index is -0.0446. The predicted molar refractivity (Wildman–Crippen MR) is 113 cm³/mol. The van der Waals surface area contributed by atoms with Crippen LogP contribution in [0.25, 0.3) is 0 Å². The van der Waals surface area contributed by atoms with Crippen LogP contribution >= 0.6 is 0 Å². The van der Waals surface area contributed by atoms with E-state index in [0.717, 1.165) is 62.8 Å². The lowest BCUT2D eigenvalue weighted by atomic mass is 10.1. The fourth-order valence-corrected chi connectivity index (χ4v) is 3.50. The van der Waals surface area contributed by atoms with Crippen molar-refractivity contribution in [3.8, 4) is 0 Å². The van der Waals surface area contributed by atoms with Crippen molar-refractivity contribution in [3.63, 3.8) is 0 Å². The quantitative estimate of drug-likeness (QED) is 0.796. The fraction of sp³-hybridized carbons (Fsp3) is 0.500. The molecule has 1 saturated heterocycles. The minimum Gasteiger partial charge on any atom is -0.379 e. The number of aromatic nitrogens is 1. The molecule has 1 aromatic heterocycles. The van der Waals surface area contributed by atoms with E-state index in [-0.39, 0.29) is 6.03 Å². The smallest absolute Gasteiger partial charge is 0.322 e. The first-order valence-electron chi connectivity index (χ1n) is 10.1. The van der Waals surface area contributed by atoms with E-state index in [1.54, 1.807) is 0 Å². The Hall–Kier alpha value is -2.31. The van der Waals surface area contributed by atoms with Gasteiger partial charge in [0.2, 0.25) is 0 Å². The van der Waals surface area contributed by atoms with Crippen LogP contribution in [-0.2, 0) is 18.3 Å². The van der Waals surface area contributed by atoms with Gasteiger partial charge in [0.1, 0.15) is 0 Å². The van der Waals surface area contributed by atoms with Crippen LogP contribution in [0.2, 0.25) is 0 Å². The number of morpholine rings is 1. The third-order valence-electron chi connectivity index (χ3n) is 5.54. The first-order chi connectivity index (χ1) is 13.5. The topological polar surface area (TPSA) is 49.7 Å². The molecule has 3 rings (SSSR count). The number of carbonyl (C=O) groups is 1. The molecular weight excluding hydrogens is 352 g/mol. The summed E-state index contributed by atoms with van der Waals surface area (Å²) in [5.74, 6) is 0. The lowest BCUT2D eigenvalue weighted by Gasteiger charge is -2.28. The molecule has 1 aliphatic heterocycles. The molecule has 2 amide bonds. The zero-order chi connectivity index (χ0) is 19.9. The average Bonchev–Trinajstić information content (AvgIpc) is 3.10. The number of urea groups is 1. The third-order valence-corrected chi connectivity index (χ3v) is 5.54. The number of anilines is 1. The van der Waals surface area contributed by atoms with Gasteiger partial charge in [-0.2, -0.15) is 0 Å². The highest BCUT2D eigenvalue weighted by Gasteiger charge is 2.17. The SMILES string of the molecule is Cc1cccc(NC(=O)N(CCCN2CCOCC2)Cc2cccn2C)c1C. The van der Waals surface area contributed by atoms with Crippen molar-refractivity contribution in [1.29, 1.82) is 0 Å². The summed E-state index contributed by atoms with van der Waals surface area (Å²) in [5.41, 5.74) is 4.31. The van der Waals surface area contributed by atoms with Crippen LogP contribution < -0.4 is 5.32 Å². The number of hydrogen-bond acceptors (Lipinski definition) is 3. The van der Waals surface area contributed by atoms with E-state index >= 15 is 0 Å². The van der Waals surface area contributed by atoms with E-state index in [4.69, 9.17) is 4.74 Å². The van der Waals surface area contributed by atoms with E-state index < -0.39 is 0 Å². The lowest BCUT2D eigenvalue weighted by molar-refractivity contribution is 0.0365. The molecule has 152 valence electrons. The predicted octanol–water partition coefficient (Wildman–Crippen LogP) is 3.40. The molecule has 0 saturated carbocycles. The monoisotopic (exact) mass is 384 g/mol. The van der Waals surface area contributed by atoms with Crippen LogP contribution in [0.15, 0.2) is 36.5 Å². The van der Waals surface area contributed by atoms with Gasteiger partial charge in [0.25, 0.3) is 0 Å². The van der Waals surface area contributed by atoms with Crippen LogP contribution in [0.5, 0.6) is 0 Å². The highest BCUT2D eigenvalue weighted by atomic mass is 16.5. The number of nitrogens with one attached hydrogen (secondary N) is 1. The Morgan fingerprint density at radius 2 is 1.96 bits per heavy atom. The van der Waals surface area contributed by atoms with E-state index in [2.05, 4.69) is 33.8 Å². The maximum atomic E-state index is 13.1. The Balaban J connectivity index is 1.64. The molecule has 0 radical (unpaired) electrons. The number of rotatable bonds is 7. The number of benzene rings is 1. The highest BCUT2D eigenvalue weighted by Crippen LogP contribution is 2.19. The van der Waals surface area contributed by atoms with Gasteiger partial charge in [-0.15, -0.1) is 0 Å². The van der Waals surface area contributed by atoms with Crippen LogP contribution in [0.1, 0.15) is 23.2 Å². The van der Waals surface area contributed by atoms with Crippen LogP contribution in [0, 0.1) is 13.8 Å². The van der Waals surface area contributed by atoms with E-state index in [1.165, 1.54) is 5.56 Å². The van der Waals surface area contributed by atoms with Crippen molar-refractivity contribution in [2.45, 2.75) is 26.8 Å². The lowest BCUT2D eigenvalue weighted by Crippen LogP contribution is -2.40. The molecule has 2 aromatic rings. The zero-order valence-electron chi connectivity index (χ0n) is 17.3. The van der Waals surface area contributed by atoms with E-state index in [0.29, 0.717) is 6.54 Å². The molecule has 0 aliphatic carbocycles. The average molecular weight is 385 g/mol. The molecular formula is C22H32N4O2. The second kappa shape index (κ2) is 9.75. The summed E-state index contributed by atoms with van der Waals surface area (Å²) in [6.45, 7) is 9.99. The second-order valence-electron chi connectivity index (χ2n) is 7.52. The Bertz CT molecular complexity index is 781. The Morgan fingerprint density at radius 1 is 1.18 bits per heavy atom. The van der Waals surface area contributed by atoms with Crippen LogP contribution in [0.4, 0.5) is 10.5 Å². The van der Waals surface area contributed by atoms with Crippen molar-refractivity contribution < 1.29 is 9.53 Å². The molecule has 0 atom stereocenters. The van der Waals surface area contributed by atoms with Crippen LogP contribution in [-0.4, -0.2) is 59.8 Å². The first kappa shape index (κ1) is 20.4. The number of aryl methyl sites for hydroxylation is 2. The molecule has 6 nitrogen and oxygen atoms in total. The fourth-order valence-electron chi connectivity index (χ4n) is 3.50. The maximum Gasteiger partial charge on any atom is 0.322 e. The molecule has 2 heterocycles. The van der Waals surface area contributed by atoms with Gasteiger partial charge < -0.3 is 19.5 Å². The maximum absolute atomic E-state index is 13.1. The molecule has 1 N–H and O–H groups in total. The van der Waals surface area contributed by atoms with Gasteiger partial charge >= 0.3 is 6.03 Å². The second-order valence-corrected chi connectivity index (χ2v) is 7.52. The van der Waals surface area contributed by atoms with Crippen molar-refractivity contribution in [1.82, 2.24) is 14.4 Å². The van der Waals surface area contributed by atoms with E-state index in [1.807, 2.05) is 43.3 Å². The number of amides is 2. The van der Waals surface area contributed by atoms with Crippen molar-refractivity contribution >= 4 is 11.7 Å². The molecule has 6 heteroatoms. The highest BCUT2D eigenvalue weighted by molar-refractivity contribution is 5.90. The summed E-state index contributed by atoms with van der Waals surface area (Å²) in [7, 11) is 2.02. The summed E-state index contributed by atoms with van der Waals surface area (Å²) >= 11 is 0. The van der Waals surface area contributed by atoms with Crippen molar-refractivity contribution in [2.24, 2.45) is 7.05 Å². The van der Waals surface area contributed by atoms with Crippen molar-refractivity contribution in [3.05, 3.63) is 53.3 Å². The summed E-state index contributed by atoms with van der Waals surface area (Å²) in [6, 6.07) is 10.1. The van der Waals surface area contributed by atoms with Gasteiger partial charge in [0.05, 0.1) is 19.8 Å². The van der Waals surface area contributed by atoms with Gasteiger partial charge in [-0.05, 0) is 49.6 Å². The minimum absolute atomic E-state index is 0.0446. The van der Waals surface area contributed by atoms with Gasteiger partial charge in [0, 0.05) is 50.8 Å². The number of hydrogen-bond donors (Lipinski definition) is 1. The van der Waals surface area contributed by atoms with Crippen LogP contribution in [0.3, 0.4) is 0 Å². The molecule has 0 bridgehead atoms. The molecule has 28 heavy (non-hydrogen) atoms. The van der Waals surface area contributed by atoms with E-state index in [9.17, 15) is 4.79 Å². The standard InChI is InChI=1S/C22H32N4O2/c1-18-7-4-9-21(19(18)2)23-22(27)26(17-20-8-5-10-24(20)3)12-6-11-25-13-15-28-16-14-25/h4-5,7-10H,6,11-17H2,1-3H3,(H,23,27). The number of ether oxygens (including phenoxy) is 1. The van der Waals surface area contributed by atoms with Gasteiger partial charge in [-0.1, -0.05) is 12.1 Å². The Labute approximate surface area is 168 Å². The summed E-state index contributed by atoms with van der Waals surface area (Å²) in [6.07, 6.45) is 2.97. The molecule has 0 spiro atoms. The van der Waals surface area contributed by atoms with Gasteiger partial charge in [-0.25, -0.2) is 4.79 Å². The Kier molecular flexibility index (Phi) is 7.12. The van der Waals surface area contributed by atoms with Gasteiger partial charge in [0.15, 0.2) is 0 Å². The first-order valence-corrected chi connectivity index (χ1v) is 10.1. The Morgan fingerprint density at radius 3 is 2.68 bits per heavy atom. The number of carbonyl (C=O) groups excluding carboxylic acids is 1. The largest absolute Gasteiger partial charge is 0.379 e. The third kappa shape index (κ3) is 5.36. The van der Waals surface area contributed by atoms with Crippen molar-refractivity contribution in [2.75, 3.05) is 44.7 Å². The van der Waals surface area contributed by atoms with Gasteiger partial charge in [-0.3, -0.25) is 4.90 Å². The molecule has 0 unspecified atom stereocenters. The normalized spacial score (nSPS) is 14.8. The summed E-state index contributed by atoms with van der Waals surface area (Å²) in [5, 5.41) is 3.12. The molecule has 1 aliphatic rings. The summed E-state index contributed by atoms with van der Waals surface area (Å²) < 4.78 is 7.49. The zero-order valence-corrected chi connectivity index (χ0v) is 17.3. The molecule has 1 aromatic carbocycles. The number of nitrogens with zero attached hydrogens (tertiary/aromatic N) is 3. The summed E-state index contributed by atoms with van der Waals surface area (Å²) in [4.78, 5) is 17.4. The molecule has 1 fully saturated rings.